The van der Waals surface area contributed by atoms with Gasteiger partial charge in [0.1, 0.15) is 0 Å². The van der Waals surface area contributed by atoms with E-state index in [-0.39, 0.29) is 0 Å². The minimum absolute atomic E-state index is 0.841. The molecule has 1 aliphatic carbocycles. The zero-order chi connectivity index (χ0) is 16.2. The lowest BCUT2D eigenvalue weighted by Crippen LogP contribution is -2.02. The Kier molecular flexibility index (Phi) is 4.58. The van der Waals surface area contributed by atoms with Crippen LogP contribution in [0.25, 0.3) is 12.2 Å². The molecule has 0 N–H and O–H groups in total. The number of allylic oxidation sites excluding steroid dienone is 2. The molecule has 0 unspecified atom stereocenters. The molecule has 0 saturated carbocycles. The quantitative estimate of drug-likeness (QED) is 0.461. The molecule has 0 amide bonds. The summed E-state index contributed by atoms with van der Waals surface area (Å²) in [6.07, 6.45) is 9.38. The molecule has 0 atom stereocenters. The van der Waals surface area contributed by atoms with E-state index in [1.165, 1.54) is 21.6 Å². The normalized spacial score (nSPS) is 14.8. The van der Waals surface area contributed by atoms with Gasteiger partial charge in [0, 0.05) is 28.8 Å². The summed E-state index contributed by atoms with van der Waals surface area (Å²) in [6, 6.07) is 14.6. The Morgan fingerprint density at radius 2 is 2.00 bits per heavy atom. The first kappa shape index (κ1) is 15.4. The van der Waals surface area contributed by atoms with Gasteiger partial charge in [-0.1, -0.05) is 54.2 Å². The summed E-state index contributed by atoms with van der Waals surface area (Å²) in [5, 5.41) is 2.94. The van der Waals surface area contributed by atoms with Crippen molar-refractivity contribution < 1.29 is 0 Å². The van der Waals surface area contributed by atoms with Gasteiger partial charge in [-0.25, -0.2) is 9.97 Å². The second-order valence-electron chi connectivity index (χ2n) is 5.58. The highest BCUT2D eigenvalue weighted by Crippen LogP contribution is 2.26. The summed E-state index contributed by atoms with van der Waals surface area (Å²) in [6.45, 7) is 0. The highest BCUT2D eigenvalue weighted by Gasteiger charge is 2.11. The number of thioether (sulfide) groups is 1. The van der Waals surface area contributed by atoms with E-state index in [9.17, 15) is 0 Å². The molecule has 3 aromatic rings. The summed E-state index contributed by atoms with van der Waals surface area (Å²) in [4.78, 5) is 10.5. The van der Waals surface area contributed by atoms with Crippen molar-refractivity contribution in [3.05, 3.63) is 87.4 Å². The van der Waals surface area contributed by atoms with Crippen LogP contribution in [-0.2, 0) is 12.2 Å². The van der Waals surface area contributed by atoms with E-state index in [2.05, 4.69) is 65.0 Å². The summed E-state index contributed by atoms with van der Waals surface area (Å²) < 4.78 is 0. The third-order valence-corrected chi connectivity index (χ3v) is 5.56. The fourth-order valence-electron chi connectivity index (χ4n) is 2.60. The van der Waals surface area contributed by atoms with Crippen molar-refractivity contribution in [2.24, 2.45) is 0 Å². The van der Waals surface area contributed by atoms with Crippen molar-refractivity contribution in [3.63, 3.8) is 0 Å². The molecule has 0 fully saturated rings. The minimum Gasteiger partial charge on any atom is -0.231 e. The van der Waals surface area contributed by atoms with Crippen LogP contribution in [0.2, 0.25) is 0 Å². The van der Waals surface area contributed by atoms with Gasteiger partial charge in [0.2, 0.25) is 0 Å². The summed E-state index contributed by atoms with van der Waals surface area (Å²) in [5.74, 6) is 0.896. The zero-order valence-corrected chi connectivity index (χ0v) is 14.7. The van der Waals surface area contributed by atoms with E-state index in [0.29, 0.717) is 0 Å². The Morgan fingerprint density at radius 1 is 1.08 bits per heavy atom. The smallest absolute Gasteiger partial charge is 0.188 e. The summed E-state index contributed by atoms with van der Waals surface area (Å²) >= 11 is 3.44. The van der Waals surface area contributed by atoms with Crippen LogP contribution in [0, 0.1) is 0 Å². The summed E-state index contributed by atoms with van der Waals surface area (Å²) in [7, 11) is 0. The second-order valence-corrected chi connectivity index (χ2v) is 7.50. The number of thiophene rings is 1. The van der Waals surface area contributed by atoms with Crippen molar-refractivity contribution in [2.75, 3.05) is 0 Å². The minimum atomic E-state index is 0.841. The number of benzene rings is 1. The maximum atomic E-state index is 4.70. The van der Waals surface area contributed by atoms with Gasteiger partial charge in [0.05, 0.1) is 5.69 Å². The molecular formula is C20H16N2S2. The predicted molar refractivity (Wildman–Crippen MR) is 103 cm³/mol. The molecule has 118 valence electrons. The molecular weight excluding hydrogens is 332 g/mol. The van der Waals surface area contributed by atoms with Crippen LogP contribution < -0.4 is 0 Å². The first-order chi connectivity index (χ1) is 11.9. The second kappa shape index (κ2) is 7.16. The Bertz CT molecular complexity index is 881. The first-order valence-corrected chi connectivity index (χ1v) is 9.68. The van der Waals surface area contributed by atoms with Gasteiger partial charge < -0.3 is 0 Å². The van der Waals surface area contributed by atoms with Crippen LogP contribution in [0.4, 0.5) is 0 Å². The highest BCUT2D eigenvalue weighted by molar-refractivity contribution is 7.98. The number of aromatic nitrogens is 2. The van der Waals surface area contributed by atoms with Crippen molar-refractivity contribution in [3.8, 4) is 0 Å². The standard InChI is InChI=1S/C20H16N2S2/c1-2-5-15(6-3-1)14-24-20-21-13-17-11-16(8-9-19(17)22-20)12-18-7-4-10-23-18/h1-10,12-13H,11,14H2. The van der Waals surface area contributed by atoms with Crippen molar-refractivity contribution in [2.45, 2.75) is 17.3 Å². The van der Waals surface area contributed by atoms with Crippen LogP contribution >= 0.6 is 23.1 Å². The summed E-state index contributed by atoms with van der Waals surface area (Å²) in [5.41, 5.74) is 4.84. The maximum Gasteiger partial charge on any atom is 0.188 e. The largest absolute Gasteiger partial charge is 0.231 e. The fourth-order valence-corrected chi connectivity index (χ4v) is 4.06. The predicted octanol–water partition coefficient (Wildman–Crippen LogP) is 5.48. The Hall–Kier alpha value is -2.17. The Morgan fingerprint density at radius 3 is 2.83 bits per heavy atom. The maximum absolute atomic E-state index is 4.70. The molecule has 24 heavy (non-hydrogen) atoms. The van der Waals surface area contributed by atoms with E-state index in [1.54, 1.807) is 23.1 Å². The topological polar surface area (TPSA) is 25.8 Å². The van der Waals surface area contributed by atoms with E-state index in [4.69, 9.17) is 4.98 Å². The van der Waals surface area contributed by atoms with Crippen molar-refractivity contribution in [1.29, 1.82) is 0 Å². The molecule has 0 spiro atoms. The van der Waals surface area contributed by atoms with E-state index >= 15 is 0 Å². The molecule has 0 radical (unpaired) electrons. The SMILES string of the molecule is C1=Cc2nc(SCc3ccccc3)ncc2CC1=Cc1cccs1. The van der Waals surface area contributed by atoms with Gasteiger partial charge in [-0.05, 0) is 34.7 Å². The molecule has 0 bridgehead atoms. The van der Waals surface area contributed by atoms with Gasteiger partial charge in [0.15, 0.2) is 5.16 Å². The van der Waals surface area contributed by atoms with Gasteiger partial charge in [-0.15, -0.1) is 11.3 Å². The number of fused-ring (bicyclic) bond motifs is 1. The average Bonchev–Trinajstić information content (AvgIpc) is 3.14. The number of hydrogen-bond donors (Lipinski definition) is 0. The number of hydrogen-bond acceptors (Lipinski definition) is 4. The fraction of sp³-hybridized carbons (Fsp3) is 0.100. The molecule has 0 aliphatic heterocycles. The lowest BCUT2D eigenvalue weighted by atomic mass is 9.98. The molecule has 1 aromatic carbocycles. The van der Waals surface area contributed by atoms with Crippen LogP contribution in [0.5, 0.6) is 0 Å². The van der Waals surface area contributed by atoms with Gasteiger partial charge in [-0.2, -0.15) is 0 Å². The highest BCUT2D eigenvalue weighted by atomic mass is 32.2. The van der Waals surface area contributed by atoms with Gasteiger partial charge >= 0.3 is 0 Å². The van der Waals surface area contributed by atoms with Gasteiger partial charge in [-0.3, -0.25) is 0 Å². The monoisotopic (exact) mass is 348 g/mol. The third-order valence-electron chi connectivity index (χ3n) is 3.81. The zero-order valence-electron chi connectivity index (χ0n) is 13.1. The first-order valence-electron chi connectivity index (χ1n) is 7.82. The van der Waals surface area contributed by atoms with Crippen LogP contribution in [0.3, 0.4) is 0 Å². The molecule has 2 nitrogen and oxygen atoms in total. The number of nitrogens with zero attached hydrogens (tertiary/aromatic N) is 2. The lowest BCUT2D eigenvalue weighted by molar-refractivity contribution is 0.918. The third kappa shape index (κ3) is 3.66. The molecule has 2 heterocycles. The Balaban J connectivity index is 1.48. The van der Waals surface area contributed by atoms with Crippen LogP contribution in [-0.4, -0.2) is 9.97 Å². The van der Waals surface area contributed by atoms with Gasteiger partial charge in [0.25, 0.3) is 0 Å². The van der Waals surface area contributed by atoms with Crippen molar-refractivity contribution in [1.82, 2.24) is 9.97 Å². The van der Waals surface area contributed by atoms with Crippen LogP contribution in [0.15, 0.2) is 70.8 Å². The van der Waals surface area contributed by atoms with E-state index in [0.717, 1.165) is 23.0 Å². The van der Waals surface area contributed by atoms with E-state index in [1.807, 2.05) is 12.3 Å². The lowest BCUT2D eigenvalue weighted by Gasteiger charge is -2.12. The average molecular weight is 348 g/mol. The molecule has 0 saturated heterocycles. The Labute approximate surface area is 150 Å². The van der Waals surface area contributed by atoms with Crippen LogP contribution in [0.1, 0.15) is 21.7 Å². The molecule has 1 aliphatic rings. The molecule has 2 aromatic heterocycles. The van der Waals surface area contributed by atoms with E-state index < -0.39 is 0 Å². The number of rotatable bonds is 4. The molecule has 4 heteroatoms. The van der Waals surface area contributed by atoms with Crippen molar-refractivity contribution >= 4 is 35.3 Å². The molecule has 4 rings (SSSR count).